The quantitative estimate of drug-likeness (QED) is 0.152. The van der Waals surface area contributed by atoms with Crippen molar-refractivity contribution in [3.05, 3.63) is 283 Å². The van der Waals surface area contributed by atoms with Gasteiger partial charge < -0.3 is 13.7 Å². The summed E-state index contributed by atoms with van der Waals surface area (Å²) in [7, 11) is 0. The minimum atomic E-state index is -0.449. The van der Waals surface area contributed by atoms with Crippen LogP contribution in [0.1, 0.15) is 22.3 Å². The predicted molar refractivity (Wildman–Crippen MR) is 289 cm³/mol. The minimum Gasteiger partial charge on any atom is -0.455 e. The SMILES string of the molecule is c1ccc(C2(c3ccccc3)c3ccccc3-c3cc(-c4cccc(N(c5ccc(-c6cccc7c6oc6ccccc67)cc5)c5ccc(-c6cccc7c6oc6ccccc67)cc5)c4)ccc32)cc1. The molecule has 11 aromatic carbocycles. The van der Waals surface area contributed by atoms with Gasteiger partial charge in [0.15, 0.2) is 0 Å². The molecule has 328 valence electrons. The predicted octanol–water partition coefficient (Wildman–Crippen LogP) is 18.3. The second kappa shape index (κ2) is 16.0. The fourth-order valence-electron chi connectivity index (χ4n) is 11.4. The van der Waals surface area contributed by atoms with Gasteiger partial charge in [-0.25, -0.2) is 0 Å². The highest BCUT2D eigenvalue weighted by Crippen LogP contribution is 2.57. The van der Waals surface area contributed by atoms with E-state index in [-0.39, 0.29) is 0 Å². The first-order valence-electron chi connectivity index (χ1n) is 24.0. The summed E-state index contributed by atoms with van der Waals surface area (Å²) in [4.78, 5) is 2.36. The molecular weight excluding hydrogens is 851 g/mol. The number of benzene rings is 11. The van der Waals surface area contributed by atoms with E-state index in [0.29, 0.717) is 0 Å². The fraction of sp³-hybridized carbons (Fsp3) is 0.0149. The van der Waals surface area contributed by atoms with Crippen molar-refractivity contribution in [2.45, 2.75) is 5.41 Å². The van der Waals surface area contributed by atoms with Crippen molar-refractivity contribution in [3.63, 3.8) is 0 Å². The molecule has 13 aromatic rings. The second-order valence-electron chi connectivity index (χ2n) is 18.3. The number of para-hydroxylation sites is 4. The van der Waals surface area contributed by atoms with Crippen molar-refractivity contribution in [3.8, 4) is 44.5 Å². The van der Waals surface area contributed by atoms with Gasteiger partial charge in [0.2, 0.25) is 0 Å². The zero-order chi connectivity index (χ0) is 46.2. The lowest BCUT2D eigenvalue weighted by Crippen LogP contribution is -2.28. The van der Waals surface area contributed by atoms with Crippen molar-refractivity contribution >= 4 is 60.9 Å². The second-order valence-corrected chi connectivity index (χ2v) is 18.3. The summed E-state index contributed by atoms with van der Waals surface area (Å²) >= 11 is 0. The lowest BCUT2D eigenvalue weighted by atomic mass is 9.67. The third-order valence-electron chi connectivity index (χ3n) is 14.6. The van der Waals surface area contributed by atoms with Crippen molar-refractivity contribution in [2.24, 2.45) is 0 Å². The van der Waals surface area contributed by atoms with Crippen LogP contribution < -0.4 is 4.90 Å². The third kappa shape index (κ3) is 6.15. The molecule has 1 aliphatic rings. The molecule has 0 saturated heterocycles. The Bertz CT molecular complexity index is 3910. The summed E-state index contributed by atoms with van der Waals surface area (Å²) in [6, 6.07) is 94.2. The van der Waals surface area contributed by atoms with Crippen molar-refractivity contribution < 1.29 is 8.83 Å². The Morgan fingerprint density at radius 3 is 1.30 bits per heavy atom. The van der Waals surface area contributed by atoms with Crippen LogP contribution in [-0.2, 0) is 5.41 Å². The molecule has 1 aliphatic carbocycles. The first-order valence-corrected chi connectivity index (χ1v) is 24.0. The standard InChI is InChI=1S/C67H43NO2/c1-3-17-48(18-4-1)67(49-19-5-2-6-20-49)61-29-10-7-22-55(61)60-43-47(36-41-62(60)67)46-16-13-21-52(42-46)68(50-37-32-44(33-38-50)53-25-14-27-58-56-23-8-11-30-63(56)69-65(53)58)51-39-34-45(35-40-51)54-26-15-28-59-57-24-9-12-31-64(57)70-66(54)59/h1-43H. The fourth-order valence-corrected chi connectivity index (χ4v) is 11.4. The molecule has 0 amide bonds. The number of furan rings is 2. The highest BCUT2D eigenvalue weighted by molar-refractivity contribution is 6.10. The molecule has 0 radical (unpaired) electrons. The molecule has 70 heavy (non-hydrogen) atoms. The number of rotatable bonds is 8. The molecule has 0 aliphatic heterocycles. The Kier molecular flexibility index (Phi) is 9.11. The van der Waals surface area contributed by atoms with Crippen LogP contribution in [-0.4, -0.2) is 0 Å². The molecule has 0 fully saturated rings. The highest BCUT2D eigenvalue weighted by atomic mass is 16.3. The normalized spacial score (nSPS) is 12.7. The maximum absolute atomic E-state index is 6.49. The summed E-state index contributed by atoms with van der Waals surface area (Å²) in [5, 5.41) is 4.49. The van der Waals surface area contributed by atoms with Crippen molar-refractivity contribution in [1.29, 1.82) is 0 Å². The van der Waals surface area contributed by atoms with Gasteiger partial charge in [-0.15, -0.1) is 0 Å². The van der Waals surface area contributed by atoms with Gasteiger partial charge in [-0.05, 0) is 110 Å². The van der Waals surface area contributed by atoms with Gasteiger partial charge in [0.1, 0.15) is 22.3 Å². The van der Waals surface area contributed by atoms with Crippen LogP contribution in [0.15, 0.2) is 270 Å². The largest absolute Gasteiger partial charge is 0.455 e. The smallest absolute Gasteiger partial charge is 0.143 e. The molecule has 2 heterocycles. The molecule has 0 unspecified atom stereocenters. The zero-order valence-electron chi connectivity index (χ0n) is 38.1. The van der Waals surface area contributed by atoms with Crippen molar-refractivity contribution in [2.75, 3.05) is 4.90 Å². The van der Waals surface area contributed by atoms with Crippen LogP contribution in [0.2, 0.25) is 0 Å². The molecule has 3 heteroatoms. The van der Waals surface area contributed by atoms with Crippen LogP contribution in [0.4, 0.5) is 17.1 Å². The van der Waals surface area contributed by atoms with E-state index in [9.17, 15) is 0 Å². The summed E-state index contributed by atoms with van der Waals surface area (Å²) < 4.78 is 13.0. The van der Waals surface area contributed by atoms with Crippen LogP contribution in [0.3, 0.4) is 0 Å². The van der Waals surface area contributed by atoms with E-state index in [1.165, 1.54) is 33.4 Å². The van der Waals surface area contributed by atoms with E-state index in [2.05, 4.69) is 241 Å². The lowest BCUT2D eigenvalue weighted by Gasteiger charge is -2.33. The molecule has 0 bridgehead atoms. The van der Waals surface area contributed by atoms with E-state index < -0.39 is 5.41 Å². The monoisotopic (exact) mass is 893 g/mol. The minimum absolute atomic E-state index is 0.449. The van der Waals surface area contributed by atoms with E-state index in [1.807, 2.05) is 24.3 Å². The van der Waals surface area contributed by atoms with Crippen LogP contribution in [0, 0.1) is 0 Å². The van der Waals surface area contributed by atoms with Gasteiger partial charge in [-0.1, -0.05) is 206 Å². The average molecular weight is 894 g/mol. The summed E-state index contributed by atoms with van der Waals surface area (Å²) in [5.41, 5.74) is 20.6. The molecule has 0 saturated carbocycles. The Hall–Kier alpha value is -9.18. The van der Waals surface area contributed by atoms with E-state index >= 15 is 0 Å². The molecule has 3 nitrogen and oxygen atoms in total. The Morgan fingerprint density at radius 1 is 0.271 bits per heavy atom. The zero-order valence-corrected chi connectivity index (χ0v) is 38.1. The van der Waals surface area contributed by atoms with Gasteiger partial charge in [0.05, 0.1) is 5.41 Å². The number of fused-ring (bicyclic) bond motifs is 9. The topological polar surface area (TPSA) is 29.5 Å². The maximum Gasteiger partial charge on any atom is 0.143 e. The van der Waals surface area contributed by atoms with Crippen LogP contribution >= 0.6 is 0 Å². The molecule has 14 rings (SSSR count). The number of hydrogen-bond acceptors (Lipinski definition) is 3. The highest BCUT2D eigenvalue weighted by Gasteiger charge is 2.46. The first-order chi connectivity index (χ1) is 34.7. The Morgan fingerprint density at radius 2 is 0.714 bits per heavy atom. The molecule has 0 atom stereocenters. The number of anilines is 3. The Labute approximate surface area is 405 Å². The molecular formula is C67H43NO2. The lowest BCUT2D eigenvalue weighted by molar-refractivity contribution is 0.669. The average Bonchev–Trinajstić information content (AvgIpc) is 4.11. The van der Waals surface area contributed by atoms with Crippen LogP contribution in [0.25, 0.3) is 88.4 Å². The van der Waals surface area contributed by atoms with Gasteiger partial charge in [-0.2, -0.15) is 0 Å². The third-order valence-corrected chi connectivity index (χ3v) is 14.6. The van der Waals surface area contributed by atoms with E-state index in [0.717, 1.165) is 94.3 Å². The van der Waals surface area contributed by atoms with Gasteiger partial charge in [0.25, 0.3) is 0 Å². The number of nitrogens with zero attached hydrogens (tertiary/aromatic N) is 1. The summed E-state index contributed by atoms with van der Waals surface area (Å²) in [5.74, 6) is 0. The molecule has 0 N–H and O–H groups in total. The Balaban J connectivity index is 0.895. The number of hydrogen-bond donors (Lipinski definition) is 0. The van der Waals surface area contributed by atoms with Gasteiger partial charge in [0, 0.05) is 49.7 Å². The van der Waals surface area contributed by atoms with Crippen LogP contribution in [0.5, 0.6) is 0 Å². The van der Waals surface area contributed by atoms with Gasteiger partial charge >= 0.3 is 0 Å². The van der Waals surface area contributed by atoms with E-state index in [4.69, 9.17) is 8.83 Å². The first kappa shape index (κ1) is 39.9. The van der Waals surface area contributed by atoms with Gasteiger partial charge in [-0.3, -0.25) is 0 Å². The maximum atomic E-state index is 6.49. The molecule has 2 aromatic heterocycles. The molecule has 0 spiro atoms. The summed E-state index contributed by atoms with van der Waals surface area (Å²) in [6.45, 7) is 0. The van der Waals surface area contributed by atoms with E-state index in [1.54, 1.807) is 0 Å². The summed E-state index contributed by atoms with van der Waals surface area (Å²) in [6.07, 6.45) is 0. The van der Waals surface area contributed by atoms with Crippen molar-refractivity contribution in [1.82, 2.24) is 0 Å².